The van der Waals surface area contributed by atoms with Gasteiger partial charge in [0.15, 0.2) is 5.96 Å². The topological polar surface area (TPSA) is 86.6 Å². The number of likely N-dealkylation sites (N-methyl/N-ethyl adjacent to an activating group) is 1. The van der Waals surface area contributed by atoms with Gasteiger partial charge in [0.25, 0.3) is 0 Å². The van der Waals surface area contributed by atoms with E-state index in [-0.39, 0.29) is 30.0 Å². The van der Waals surface area contributed by atoms with E-state index in [1.165, 1.54) is 0 Å². The van der Waals surface area contributed by atoms with Gasteiger partial charge in [0.2, 0.25) is 5.91 Å². The zero-order chi connectivity index (χ0) is 21.4. The Balaban J connectivity index is 2.01. The predicted octanol–water partition coefficient (Wildman–Crippen LogP) is 1.66. The maximum absolute atomic E-state index is 12.4. The molecule has 29 heavy (non-hydrogen) atoms. The number of nitrogens with zero attached hydrogens (tertiary/aromatic N) is 4. The molecule has 3 atom stereocenters. The number of nitrogens with one attached hydrogen (secondary N) is 3. The van der Waals surface area contributed by atoms with Crippen LogP contribution >= 0.6 is 0 Å². The highest BCUT2D eigenvalue weighted by molar-refractivity contribution is 5.81. The summed E-state index contributed by atoms with van der Waals surface area (Å²) in [7, 11) is 6.05. The number of hydrogen-bond donors (Lipinski definition) is 3. The summed E-state index contributed by atoms with van der Waals surface area (Å²) < 4.78 is 1.82. The minimum Gasteiger partial charge on any atom is -0.357 e. The molecule has 3 unspecified atom stereocenters. The molecule has 1 aromatic heterocycles. The molecule has 8 heteroatoms. The predicted molar refractivity (Wildman–Crippen MR) is 118 cm³/mol. The van der Waals surface area contributed by atoms with Crippen molar-refractivity contribution in [2.75, 3.05) is 27.2 Å². The van der Waals surface area contributed by atoms with Gasteiger partial charge in [0, 0.05) is 43.4 Å². The Bertz CT molecular complexity index is 668. The van der Waals surface area contributed by atoms with Crippen LogP contribution in [0.2, 0.25) is 0 Å². The summed E-state index contributed by atoms with van der Waals surface area (Å²) in [5.41, 5.74) is 1.15. The Morgan fingerprint density at radius 1 is 1.38 bits per heavy atom. The first-order valence-corrected chi connectivity index (χ1v) is 10.8. The van der Waals surface area contributed by atoms with Crippen LogP contribution in [0.3, 0.4) is 0 Å². The number of rotatable bonds is 8. The van der Waals surface area contributed by atoms with Gasteiger partial charge in [-0.15, -0.1) is 0 Å². The Morgan fingerprint density at radius 3 is 2.72 bits per heavy atom. The van der Waals surface area contributed by atoms with E-state index >= 15 is 0 Å². The quantitative estimate of drug-likeness (QED) is 0.452. The van der Waals surface area contributed by atoms with Crippen LogP contribution in [0.25, 0.3) is 0 Å². The fourth-order valence-corrected chi connectivity index (χ4v) is 3.83. The van der Waals surface area contributed by atoms with Crippen molar-refractivity contribution in [3.05, 3.63) is 18.0 Å². The molecule has 164 valence electrons. The molecule has 8 nitrogen and oxygen atoms in total. The SMILES string of the molecule is CCNC(=NCC(c1cnn(C)c1)N(C)C)NC1CCCC(C(=O)NC(C)C)C1. The third-order valence-electron chi connectivity index (χ3n) is 5.32. The smallest absolute Gasteiger partial charge is 0.223 e. The Kier molecular flexibility index (Phi) is 8.95. The summed E-state index contributed by atoms with van der Waals surface area (Å²) in [6, 6.07) is 0.612. The van der Waals surface area contributed by atoms with Gasteiger partial charge in [-0.2, -0.15) is 5.10 Å². The average Bonchev–Trinajstić information content (AvgIpc) is 3.07. The monoisotopic (exact) mass is 405 g/mol. The molecular weight excluding hydrogens is 366 g/mol. The zero-order valence-electron chi connectivity index (χ0n) is 18.9. The van der Waals surface area contributed by atoms with E-state index in [1.807, 2.05) is 38.0 Å². The normalized spacial score (nSPS) is 21.3. The van der Waals surface area contributed by atoms with Crippen LogP contribution in [0.1, 0.15) is 58.1 Å². The first kappa shape index (κ1) is 23.2. The lowest BCUT2D eigenvalue weighted by atomic mass is 9.85. The molecule has 0 saturated heterocycles. The summed E-state index contributed by atoms with van der Waals surface area (Å²) in [4.78, 5) is 19.4. The van der Waals surface area contributed by atoms with E-state index in [2.05, 4.69) is 47.0 Å². The third kappa shape index (κ3) is 7.34. The number of aliphatic imine (C=N–C) groups is 1. The largest absolute Gasteiger partial charge is 0.357 e. The highest BCUT2D eigenvalue weighted by atomic mass is 16.1. The van der Waals surface area contributed by atoms with E-state index < -0.39 is 0 Å². The summed E-state index contributed by atoms with van der Waals surface area (Å²) in [5.74, 6) is 1.08. The molecule has 2 rings (SSSR count). The molecule has 0 bridgehead atoms. The van der Waals surface area contributed by atoms with Crippen molar-refractivity contribution < 1.29 is 4.79 Å². The highest BCUT2D eigenvalue weighted by Crippen LogP contribution is 2.25. The molecule has 0 spiro atoms. The summed E-state index contributed by atoms with van der Waals surface area (Å²) >= 11 is 0. The first-order valence-electron chi connectivity index (χ1n) is 10.8. The molecule has 0 aliphatic heterocycles. The lowest BCUT2D eigenvalue weighted by Gasteiger charge is -2.31. The van der Waals surface area contributed by atoms with Crippen LogP contribution in [-0.4, -0.2) is 65.8 Å². The van der Waals surface area contributed by atoms with Crippen LogP contribution < -0.4 is 16.0 Å². The molecule has 1 amide bonds. The van der Waals surface area contributed by atoms with Crippen LogP contribution in [-0.2, 0) is 11.8 Å². The third-order valence-corrected chi connectivity index (χ3v) is 5.32. The van der Waals surface area contributed by atoms with E-state index in [1.54, 1.807) is 0 Å². The number of amides is 1. The van der Waals surface area contributed by atoms with Crippen molar-refractivity contribution in [3.8, 4) is 0 Å². The van der Waals surface area contributed by atoms with Gasteiger partial charge in [-0.25, -0.2) is 0 Å². The maximum Gasteiger partial charge on any atom is 0.223 e. The van der Waals surface area contributed by atoms with Crippen molar-refractivity contribution in [2.45, 2.75) is 64.6 Å². The molecule has 0 radical (unpaired) electrons. The number of hydrogen-bond acceptors (Lipinski definition) is 4. The Labute approximate surface area is 175 Å². The number of aromatic nitrogens is 2. The summed E-state index contributed by atoms with van der Waals surface area (Å²) in [5, 5.41) is 14.3. The minimum atomic E-state index is 0.0800. The van der Waals surface area contributed by atoms with Gasteiger partial charge in [-0.05, 0) is 54.1 Å². The second kappa shape index (κ2) is 11.2. The highest BCUT2D eigenvalue weighted by Gasteiger charge is 2.28. The second-order valence-electron chi connectivity index (χ2n) is 8.51. The van der Waals surface area contributed by atoms with Crippen molar-refractivity contribution in [1.29, 1.82) is 0 Å². The maximum atomic E-state index is 12.4. The zero-order valence-corrected chi connectivity index (χ0v) is 18.9. The number of carbonyl (C=O) groups excluding carboxylic acids is 1. The lowest BCUT2D eigenvalue weighted by Crippen LogP contribution is -2.47. The molecule has 1 aromatic rings. The average molecular weight is 406 g/mol. The van der Waals surface area contributed by atoms with E-state index in [0.29, 0.717) is 6.54 Å². The fourth-order valence-electron chi connectivity index (χ4n) is 3.83. The minimum absolute atomic E-state index is 0.0800. The van der Waals surface area contributed by atoms with Crippen molar-refractivity contribution in [1.82, 2.24) is 30.6 Å². The van der Waals surface area contributed by atoms with Crippen molar-refractivity contribution in [3.63, 3.8) is 0 Å². The van der Waals surface area contributed by atoms with Gasteiger partial charge in [-0.1, -0.05) is 6.42 Å². The molecule has 3 N–H and O–H groups in total. The van der Waals surface area contributed by atoms with Gasteiger partial charge < -0.3 is 20.9 Å². The Morgan fingerprint density at radius 2 is 2.14 bits per heavy atom. The summed E-state index contributed by atoms with van der Waals surface area (Å²) in [6.45, 7) is 7.53. The van der Waals surface area contributed by atoms with E-state index in [0.717, 1.165) is 43.8 Å². The number of guanidine groups is 1. The van der Waals surface area contributed by atoms with Crippen molar-refractivity contribution in [2.24, 2.45) is 18.0 Å². The van der Waals surface area contributed by atoms with E-state index in [9.17, 15) is 4.79 Å². The molecular formula is C21H39N7O. The second-order valence-corrected chi connectivity index (χ2v) is 8.51. The van der Waals surface area contributed by atoms with Gasteiger partial charge >= 0.3 is 0 Å². The molecule has 1 aliphatic carbocycles. The van der Waals surface area contributed by atoms with Crippen LogP contribution in [0.4, 0.5) is 0 Å². The molecule has 1 fully saturated rings. The van der Waals surface area contributed by atoms with Gasteiger partial charge in [0.1, 0.15) is 0 Å². The Hall–Kier alpha value is -2.09. The number of aryl methyl sites for hydroxylation is 1. The first-order chi connectivity index (χ1) is 13.8. The van der Waals surface area contributed by atoms with Crippen LogP contribution in [0.15, 0.2) is 17.4 Å². The van der Waals surface area contributed by atoms with Crippen LogP contribution in [0, 0.1) is 5.92 Å². The van der Waals surface area contributed by atoms with Crippen molar-refractivity contribution >= 4 is 11.9 Å². The molecule has 1 aliphatic rings. The van der Waals surface area contributed by atoms with E-state index in [4.69, 9.17) is 4.99 Å². The number of carbonyl (C=O) groups is 1. The standard InChI is InChI=1S/C21H39N7O/c1-7-22-21(23-13-19(27(4)5)17-12-24-28(6)14-17)26-18-10-8-9-16(11-18)20(29)25-15(2)3/h12,14-16,18-19H,7-11,13H2,1-6H3,(H,25,29)(H2,22,23,26). The van der Waals surface area contributed by atoms with Gasteiger partial charge in [-0.3, -0.25) is 14.5 Å². The lowest BCUT2D eigenvalue weighted by molar-refractivity contribution is -0.126. The molecule has 1 heterocycles. The van der Waals surface area contributed by atoms with Gasteiger partial charge in [0.05, 0.1) is 18.8 Å². The molecule has 1 saturated carbocycles. The molecule has 0 aromatic carbocycles. The summed E-state index contributed by atoms with van der Waals surface area (Å²) in [6.07, 6.45) is 7.88. The van der Waals surface area contributed by atoms with Crippen LogP contribution in [0.5, 0.6) is 0 Å². The fraction of sp³-hybridized carbons (Fsp3) is 0.762.